The summed E-state index contributed by atoms with van der Waals surface area (Å²) in [5, 5.41) is 9.63. The van der Waals surface area contributed by atoms with E-state index in [1.165, 1.54) is 57.8 Å². The predicted molar refractivity (Wildman–Crippen MR) is 247 cm³/mol. The Kier molecular flexibility index (Phi) is 38.4. The summed E-state index contributed by atoms with van der Waals surface area (Å²) in [4.78, 5) is 37.0. The van der Waals surface area contributed by atoms with Crippen molar-refractivity contribution in [1.29, 1.82) is 0 Å². The Morgan fingerprint density at radius 2 is 0.966 bits per heavy atom. The van der Waals surface area contributed by atoms with Crippen LogP contribution in [0.5, 0.6) is 0 Å². The molecule has 2 atom stereocenters. The molecule has 0 aliphatic carbocycles. The van der Waals surface area contributed by atoms with Crippen LogP contribution in [0.3, 0.4) is 0 Å². The average molecular weight is 823 g/mol. The first-order chi connectivity index (χ1) is 28.6. The molecule has 0 aliphatic rings. The van der Waals surface area contributed by atoms with Crippen molar-refractivity contribution >= 4 is 17.9 Å². The van der Waals surface area contributed by atoms with Gasteiger partial charge in [0, 0.05) is 19.3 Å². The number of quaternary nitrogens is 1. The molecule has 0 fully saturated rings. The molecule has 0 bridgehead atoms. The van der Waals surface area contributed by atoms with Gasteiger partial charge in [0.25, 0.3) is 0 Å². The van der Waals surface area contributed by atoms with E-state index in [2.05, 4.69) is 38.2 Å². The van der Waals surface area contributed by atoms with Gasteiger partial charge in [0.2, 0.25) is 0 Å². The molecule has 59 heavy (non-hydrogen) atoms. The predicted octanol–water partition coefficient (Wildman–Crippen LogP) is 12.7. The standard InChI is InChI=1S/C51H83NO7/c1-6-8-10-12-14-16-18-20-22-24-25-26-28-29-31-33-35-37-39-41-49(53)58-46-47(45-57-44-43-48(51(55)56)52(3,4)5)59-50(54)42-40-38-36-34-32-30-27-23-21-19-17-15-13-11-9-7-2/h8,10,12,14,16,18,20,22-29,31,47-48H,6-7,9,11,13,15,17,19,21,30,32-46H2,1-5H3/p+1/b10-8+,14-12+,18-16+,22-20+,25-24+,27-23+,28-26+,31-29+. The van der Waals surface area contributed by atoms with E-state index in [9.17, 15) is 19.5 Å². The van der Waals surface area contributed by atoms with Gasteiger partial charge in [-0.3, -0.25) is 9.59 Å². The summed E-state index contributed by atoms with van der Waals surface area (Å²) in [5.41, 5.74) is 0. The van der Waals surface area contributed by atoms with Crippen molar-refractivity contribution in [2.24, 2.45) is 0 Å². The van der Waals surface area contributed by atoms with Gasteiger partial charge < -0.3 is 23.8 Å². The summed E-state index contributed by atoms with van der Waals surface area (Å²) in [6, 6.07) is -0.629. The number of unbranched alkanes of at least 4 members (excludes halogenated alkanes) is 15. The van der Waals surface area contributed by atoms with Crippen LogP contribution in [0.25, 0.3) is 0 Å². The Hall–Kier alpha value is -3.75. The van der Waals surface area contributed by atoms with Crippen LogP contribution in [0.2, 0.25) is 0 Å². The van der Waals surface area contributed by atoms with Crippen LogP contribution in [0.1, 0.15) is 155 Å². The molecule has 0 heterocycles. The number of nitrogens with zero attached hydrogens (tertiary/aromatic N) is 1. The lowest BCUT2D eigenvalue weighted by molar-refractivity contribution is -0.887. The van der Waals surface area contributed by atoms with Crippen LogP contribution in [0.15, 0.2) is 97.2 Å². The molecule has 0 aliphatic heterocycles. The topological polar surface area (TPSA) is 99.1 Å². The van der Waals surface area contributed by atoms with E-state index in [4.69, 9.17) is 14.2 Å². The van der Waals surface area contributed by atoms with Gasteiger partial charge in [-0.25, -0.2) is 4.79 Å². The molecule has 0 amide bonds. The van der Waals surface area contributed by atoms with Crippen molar-refractivity contribution in [1.82, 2.24) is 0 Å². The van der Waals surface area contributed by atoms with Crippen molar-refractivity contribution in [2.75, 3.05) is 41.0 Å². The molecule has 0 spiro atoms. The zero-order valence-corrected chi connectivity index (χ0v) is 37.9. The second kappa shape index (κ2) is 41.0. The van der Waals surface area contributed by atoms with Gasteiger partial charge in [-0.15, -0.1) is 0 Å². The SMILES string of the molecule is CC/C=C/C=C/C=C/C=C/C=C/C=C/C=C/CCCCCC(=O)OCC(COCCC(C(=O)O)[N+](C)(C)C)OC(=O)CCCCCCC/C=C/CCCCCCCCC. The highest BCUT2D eigenvalue weighted by molar-refractivity contribution is 5.72. The molecule has 0 aromatic heterocycles. The lowest BCUT2D eigenvalue weighted by atomic mass is 10.1. The largest absolute Gasteiger partial charge is 0.477 e. The number of hydrogen-bond acceptors (Lipinski definition) is 6. The quantitative estimate of drug-likeness (QED) is 0.0217. The zero-order valence-electron chi connectivity index (χ0n) is 37.9. The number of hydrogen-bond donors (Lipinski definition) is 1. The van der Waals surface area contributed by atoms with Gasteiger partial charge in [-0.1, -0.05) is 175 Å². The van der Waals surface area contributed by atoms with E-state index in [1.807, 2.05) is 94.1 Å². The van der Waals surface area contributed by atoms with Gasteiger partial charge in [0.05, 0.1) is 34.4 Å². The maximum Gasteiger partial charge on any atom is 0.362 e. The minimum atomic E-state index is -0.887. The smallest absolute Gasteiger partial charge is 0.362 e. The summed E-state index contributed by atoms with van der Waals surface area (Å²) >= 11 is 0. The number of esters is 2. The van der Waals surface area contributed by atoms with Gasteiger partial charge in [0.1, 0.15) is 6.61 Å². The van der Waals surface area contributed by atoms with Gasteiger partial charge >= 0.3 is 17.9 Å². The first kappa shape index (κ1) is 55.2. The summed E-state index contributed by atoms with van der Waals surface area (Å²) in [6.45, 7) is 4.51. The first-order valence-corrected chi connectivity index (χ1v) is 22.9. The van der Waals surface area contributed by atoms with Crippen LogP contribution in [-0.4, -0.2) is 80.6 Å². The summed E-state index contributed by atoms with van der Waals surface area (Å²) in [5.74, 6) is -1.55. The number of carboxylic acid groups (broad SMARTS) is 1. The van der Waals surface area contributed by atoms with Crippen LogP contribution in [0, 0.1) is 0 Å². The number of ether oxygens (including phenoxy) is 3. The number of allylic oxidation sites excluding steroid dienone is 16. The molecular formula is C51H84NO7+. The zero-order chi connectivity index (χ0) is 43.5. The Balaban J connectivity index is 4.47. The van der Waals surface area contributed by atoms with E-state index < -0.39 is 18.1 Å². The molecule has 0 rings (SSSR count). The molecule has 8 nitrogen and oxygen atoms in total. The highest BCUT2D eigenvalue weighted by Crippen LogP contribution is 2.13. The second-order valence-electron chi connectivity index (χ2n) is 16.1. The molecule has 334 valence electrons. The summed E-state index contributed by atoms with van der Waals surface area (Å²) in [6.07, 6.45) is 54.4. The van der Waals surface area contributed by atoms with Crippen LogP contribution < -0.4 is 0 Å². The lowest BCUT2D eigenvalue weighted by Crippen LogP contribution is -2.50. The van der Waals surface area contributed by atoms with Crippen molar-refractivity contribution in [2.45, 2.75) is 167 Å². The molecule has 0 saturated carbocycles. The maximum absolute atomic E-state index is 12.7. The summed E-state index contributed by atoms with van der Waals surface area (Å²) < 4.78 is 17.2. The fourth-order valence-corrected chi connectivity index (χ4v) is 6.13. The number of carboxylic acids is 1. The summed E-state index contributed by atoms with van der Waals surface area (Å²) in [7, 11) is 5.50. The van der Waals surface area contributed by atoms with Crippen molar-refractivity contribution in [3.8, 4) is 0 Å². The minimum Gasteiger partial charge on any atom is -0.477 e. The third-order valence-electron chi connectivity index (χ3n) is 9.66. The number of likely N-dealkylation sites (N-methyl/N-ethyl adjacent to an activating group) is 1. The van der Waals surface area contributed by atoms with Crippen LogP contribution in [0.4, 0.5) is 0 Å². The fourth-order valence-electron chi connectivity index (χ4n) is 6.13. The highest BCUT2D eigenvalue weighted by atomic mass is 16.6. The Bertz CT molecular complexity index is 1280. The third-order valence-corrected chi connectivity index (χ3v) is 9.66. The van der Waals surface area contributed by atoms with E-state index >= 15 is 0 Å². The Labute approximate surface area is 360 Å². The molecule has 0 radical (unpaired) electrons. The number of aliphatic carboxylic acids is 1. The maximum atomic E-state index is 12.7. The van der Waals surface area contributed by atoms with Gasteiger partial charge in [0.15, 0.2) is 12.1 Å². The first-order valence-electron chi connectivity index (χ1n) is 22.9. The van der Waals surface area contributed by atoms with Crippen LogP contribution in [-0.2, 0) is 28.6 Å². The van der Waals surface area contributed by atoms with E-state index in [1.54, 1.807) is 0 Å². The molecular weight excluding hydrogens is 739 g/mol. The number of carbonyl (C=O) groups excluding carboxylic acids is 2. The van der Waals surface area contributed by atoms with Crippen molar-refractivity contribution in [3.05, 3.63) is 97.2 Å². The Morgan fingerprint density at radius 3 is 1.47 bits per heavy atom. The van der Waals surface area contributed by atoms with Crippen molar-refractivity contribution in [3.63, 3.8) is 0 Å². The second-order valence-corrected chi connectivity index (χ2v) is 16.1. The number of carbonyl (C=O) groups is 3. The molecule has 2 unspecified atom stereocenters. The monoisotopic (exact) mass is 823 g/mol. The molecule has 1 N–H and O–H groups in total. The van der Waals surface area contributed by atoms with E-state index in [0.717, 1.165) is 64.2 Å². The van der Waals surface area contributed by atoms with Gasteiger partial charge in [-0.05, 0) is 57.8 Å². The van der Waals surface area contributed by atoms with E-state index in [0.29, 0.717) is 19.3 Å². The highest BCUT2D eigenvalue weighted by Gasteiger charge is 2.31. The molecule has 0 aromatic rings. The average Bonchev–Trinajstić information content (AvgIpc) is 3.19. The van der Waals surface area contributed by atoms with Crippen molar-refractivity contribution < 1.29 is 38.2 Å². The lowest BCUT2D eigenvalue weighted by Gasteiger charge is -2.31. The minimum absolute atomic E-state index is 0.0365. The van der Waals surface area contributed by atoms with E-state index in [-0.39, 0.29) is 36.2 Å². The Morgan fingerprint density at radius 1 is 0.525 bits per heavy atom. The molecule has 8 heteroatoms. The molecule has 0 saturated heterocycles. The molecule has 0 aromatic carbocycles. The number of rotatable bonds is 39. The third kappa shape index (κ3) is 39.5. The fraction of sp³-hybridized carbons (Fsp3) is 0.627. The normalized spacial score (nSPS) is 13.8. The van der Waals surface area contributed by atoms with Crippen LogP contribution >= 0.6 is 0 Å². The van der Waals surface area contributed by atoms with Gasteiger partial charge in [-0.2, -0.15) is 0 Å².